The molecule has 104 valence electrons. The maximum Gasteiger partial charge on any atom is 0.417 e. The molecule has 0 bridgehead atoms. The molecule has 0 saturated carbocycles. The summed E-state index contributed by atoms with van der Waals surface area (Å²) in [6.45, 7) is 0. The molecule has 0 atom stereocenters. The molecule has 2 rings (SSSR count). The van der Waals surface area contributed by atoms with Gasteiger partial charge in [-0.05, 0) is 17.2 Å². The number of rotatable bonds is 2. The van der Waals surface area contributed by atoms with Gasteiger partial charge in [-0.15, -0.1) is 0 Å². The highest BCUT2D eigenvalue weighted by Gasteiger charge is 2.38. The van der Waals surface area contributed by atoms with Crippen molar-refractivity contribution < 1.29 is 23.2 Å². The molecule has 0 aromatic heterocycles. The first-order chi connectivity index (χ1) is 9.45. The zero-order valence-electron chi connectivity index (χ0n) is 10.1. The fraction of sp³-hybridized carbons (Fsp3) is 0.0714. The van der Waals surface area contributed by atoms with Gasteiger partial charge in [0.25, 0.3) is 5.91 Å². The quantitative estimate of drug-likeness (QED) is 0.654. The van der Waals surface area contributed by atoms with Crippen molar-refractivity contribution >= 4 is 5.91 Å². The SMILES string of the molecule is O=C(NO)c1cccc(-c2ccccc2)c1C(F)(F)F. The van der Waals surface area contributed by atoms with Gasteiger partial charge in [-0.3, -0.25) is 10.0 Å². The molecule has 0 aliphatic heterocycles. The largest absolute Gasteiger partial charge is 0.417 e. The van der Waals surface area contributed by atoms with Gasteiger partial charge in [0.1, 0.15) is 0 Å². The smallest absolute Gasteiger partial charge is 0.288 e. The van der Waals surface area contributed by atoms with Gasteiger partial charge in [0, 0.05) is 0 Å². The van der Waals surface area contributed by atoms with E-state index >= 15 is 0 Å². The van der Waals surface area contributed by atoms with Gasteiger partial charge >= 0.3 is 6.18 Å². The highest BCUT2D eigenvalue weighted by atomic mass is 19.4. The van der Waals surface area contributed by atoms with Crippen LogP contribution in [0.25, 0.3) is 11.1 Å². The van der Waals surface area contributed by atoms with Gasteiger partial charge in [0.15, 0.2) is 0 Å². The third-order valence-corrected chi connectivity index (χ3v) is 2.78. The summed E-state index contributed by atoms with van der Waals surface area (Å²) in [7, 11) is 0. The topological polar surface area (TPSA) is 49.3 Å². The minimum atomic E-state index is -4.71. The van der Waals surface area contributed by atoms with Gasteiger partial charge in [0.2, 0.25) is 0 Å². The average molecular weight is 281 g/mol. The molecular formula is C14H10F3NO2. The van der Waals surface area contributed by atoms with Gasteiger partial charge in [0.05, 0.1) is 11.1 Å². The predicted octanol–water partition coefficient (Wildman–Crippen LogP) is 3.49. The molecule has 6 heteroatoms. The molecule has 3 nitrogen and oxygen atoms in total. The van der Waals surface area contributed by atoms with Crippen molar-refractivity contribution in [3.05, 3.63) is 59.7 Å². The zero-order chi connectivity index (χ0) is 14.8. The Balaban J connectivity index is 2.73. The van der Waals surface area contributed by atoms with E-state index in [0.717, 1.165) is 6.07 Å². The summed E-state index contributed by atoms with van der Waals surface area (Å²) < 4.78 is 39.7. The Bertz CT molecular complexity index is 624. The van der Waals surface area contributed by atoms with Crippen LogP contribution in [0, 0.1) is 0 Å². The van der Waals surface area contributed by atoms with Crippen molar-refractivity contribution in [2.75, 3.05) is 0 Å². The molecule has 1 amide bonds. The number of nitrogens with one attached hydrogen (secondary N) is 1. The lowest BCUT2D eigenvalue weighted by Crippen LogP contribution is -2.23. The van der Waals surface area contributed by atoms with Crippen molar-refractivity contribution in [2.45, 2.75) is 6.18 Å². The summed E-state index contributed by atoms with van der Waals surface area (Å²) in [5.41, 5.74) is -0.233. The molecule has 0 aliphatic carbocycles. The highest BCUT2D eigenvalue weighted by Crippen LogP contribution is 2.39. The van der Waals surface area contributed by atoms with Crippen LogP contribution < -0.4 is 5.48 Å². The minimum Gasteiger partial charge on any atom is -0.288 e. The highest BCUT2D eigenvalue weighted by molar-refractivity contribution is 5.97. The van der Waals surface area contributed by atoms with Crippen LogP contribution in [0.2, 0.25) is 0 Å². The number of hydrogen-bond acceptors (Lipinski definition) is 2. The lowest BCUT2D eigenvalue weighted by Gasteiger charge is -2.16. The van der Waals surface area contributed by atoms with Crippen LogP contribution in [0.4, 0.5) is 13.2 Å². The molecule has 0 fully saturated rings. The van der Waals surface area contributed by atoms with Crippen molar-refractivity contribution in [1.29, 1.82) is 0 Å². The number of halogens is 3. The molecule has 0 aliphatic rings. The number of hydroxylamine groups is 1. The normalized spacial score (nSPS) is 11.2. The molecular weight excluding hydrogens is 271 g/mol. The molecule has 2 aromatic carbocycles. The van der Waals surface area contributed by atoms with Crippen molar-refractivity contribution in [3.63, 3.8) is 0 Å². The molecule has 20 heavy (non-hydrogen) atoms. The second-order valence-corrected chi connectivity index (χ2v) is 4.03. The van der Waals surface area contributed by atoms with E-state index in [2.05, 4.69) is 0 Å². The van der Waals surface area contributed by atoms with Crippen molar-refractivity contribution in [3.8, 4) is 11.1 Å². The average Bonchev–Trinajstić information content (AvgIpc) is 2.45. The van der Waals surface area contributed by atoms with E-state index in [1.54, 1.807) is 18.2 Å². The summed E-state index contributed by atoms with van der Waals surface area (Å²) in [5.74, 6) is -1.20. The van der Waals surface area contributed by atoms with Crippen LogP contribution in [0.5, 0.6) is 0 Å². The summed E-state index contributed by atoms with van der Waals surface area (Å²) in [6, 6.07) is 11.6. The Labute approximate surface area is 112 Å². The first kappa shape index (κ1) is 14.1. The van der Waals surface area contributed by atoms with Crippen LogP contribution in [-0.2, 0) is 6.18 Å². The lowest BCUT2D eigenvalue weighted by molar-refractivity contribution is -0.137. The number of carbonyl (C=O) groups excluding carboxylic acids is 1. The second kappa shape index (κ2) is 5.34. The van der Waals surface area contributed by atoms with Gasteiger partial charge < -0.3 is 0 Å². The van der Waals surface area contributed by atoms with Crippen LogP contribution in [0.15, 0.2) is 48.5 Å². The third-order valence-electron chi connectivity index (χ3n) is 2.78. The number of benzene rings is 2. The first-order valence-corrected chi connectivity index (χ1v) is 5.65. The minimum absolute atomic E-state index is 0.112. The maximum atomic E-state index is 13.2. The van der Waals surface area contributed by atoms with Gasteiger partial charge in [-0.1, -0.05) is 42.5 Å². The van der Waals surface area contributed by atoms with Crippen LogP contribution >= 0.6 is 0 Å². The molecule has 0 spiro atoms. The monoisotopic (exact) mass is 281 g/mol. The first-order valence-electron chi connectivity index (χ1n) is 5.65. The Morgan fingerprint density at radius 3 is 2.20 bits per heavy atom. The fourth-order valence-corrected chi connectivity index (χ4v) is 1.97. The van der Waals surface area contributed by atoms with Crippen molar-refractivity contribution in [1.82, 2.24) is 5.48 Å². The van der Waals surface area contributed by atoms with Gasteiger partial charge in [-0.2, -0.15) is 13.2 Å². The molecule has 2 N–H and O–H groups in total. The predicted molar refractivity (Wildman–Crippen MR) is 66.1 cm³/mol. The summed E-state index contributed by atoms with van der Waals surface area (Å²) >= 11 is 0. The van der Waals surface area contributed by atoms with E-state index in [-0.39, 0.29) is 5.56 Å². The number of carbonyl (C=O) groups is 1. The molecule has 0 heterocycles. The third kappa shape index (κ3) is 2.65. The Morgan fingerprint density at radius 1 is 1.00 bits per heavy atom. The van der Waals surface area contributed by atoms with Crippen LogP contribution in [0.1, 0.15) is 15.9 Å². The summed E-state index contributed by atoms with van der Waals surface area (Å²) in [5, 5.41) is 8.57. The van der Waals surface area contributed by atoms with E-state index in [1.165, 1.54) is 29.7 Å². The van der Waals surface area contributed by atoms with Crippen molar-refractivity contribution in [2.24, 2.45) is 0 Å². The Kier molecular flexibility index (Phi) is 3.76. The standard InChI is InChI=1S/C14H10F3NO2/c15-14(16,17)12-10(9-5-2-1-3-6-9)7-4-8-11(12)13(19)18-20/h1-8,20H,(H,18,19). The summed E-state index contributed by atoms with van der Waals surface area (Å²) in [4.78, 5) is 11.4. The molecule has 2 aromatic rings. The van der Waals surface area contributed by atoms with E-state index in [1.807, 2.05) is 0 Å². The molecule has 0 saturated heterocycles. The Morgan fingerprint density at radius 2 is 1.65 bits per heavy atom. The van der Waals surface area contributed by atoms with E-state index in [0.29, 0.717) is 5.56 Å². The fourth-order valence-electron chi connectivity index (χ4n) is 1.97. The summed E-state index contributed by atoms with van der Waals surface area (Å²) in [6.07, 6.45) is -4.71. The molecule has 0 radical (unpaired) electrons. The molecule has 0 unspecified atom stereocenters. The lowest BCUT2D eigenvalue weighted by atomic mass is 9.94. The zero-order valence-corrected chi connectivity index (χ0v) is 10.1. The van der Waals surface area contributed by atoms with E-state index in [4.69, 9.17) is 5.21 Å². The van der Waals surface area contributed by atoms with Gasteiger partial charge in [-0.25, -0.2) is 5.48 Å². The number of hydrogen-bond donors (Lipinski definition) is 2. The number of amides is 1. The van der Waals surface area contributed by atoms with Crippen LogP contribution in [0.3, 0.4) is 0 Å². The number of alkyl halides is 3. The van der Waals surface area contributed by atoms with E-state index < -0.39 is 23.2 Å². The Hall–Kier alpha value is -2.34. The maximum absolute atomic E-state index is 13.2. The van der Waals surface area contributed by atoms with Crippen LogP contribution in [-0.4, -0.2) is 11.1 Å². The van der Waals surface area contributed by atoms with E-state index in [9.17, 15) is 18.0 Å². The second-order valence-electron chi connectivity index (χ2n) is 4.03.